The van der Waals surface area contributed by atoms with Crippen LogP contribution in [0.2, 0.25) is 0 Å². The highest BCUT2D eigenvalue weighted by Gasteiger charge is 2.17. The lowest BCUT2D eigenvalue weighted by Crippen LogP contribution is -2.29. The quantitative estimate of drug-likeness (QED) is 0.912. The van der Waals surface area contributed by atoms with Gasteiger partial charge in [0.05, 0.1) is 11.7 Å². The van der Waals surface area contributed by atoms with Gasteiger partial charge in [-0.1, -0.05) is 18.2 Å². The highest BCUT2D eigenvalue weighted by molar-refractivity contribution is 5.94. The van der Waals surface area contributed by atoms with E-state index in [-0.39, 0.29) is 23.2 Å². The fourth-order valence-corrected chi connectivity index (χ4v) is 1.97. The first-order valence-corrected chi connectivity index (χ1v) is 6.56. The van der Waals surface area contributed by atoms with E-state index < -0.39 is 29.5 Å². The van der Waals surface area contributed by atoms with Gasteiger partial charge in [-0.15, -0.1) is 0 Å². The summed E-state index contributed by atoms with van der Waals surface area (Å²) in [6, 6.07) is 7.29. The summed E-state index contributed by atoms with van der Waals surface area (Å²) in [5.74, 6) is -3.16. The lowest BCUT2D eigenvalue weighted by molar-refractivity contribution is 0.0910. The zero-order chi connectivity index (χ0) is 16.3. The zero-order valence-corrected chi connectivity index (χ0v) is 11.7. The van der Waals surface area contributed by atoms with E-state index in [1.165, 1.54) is 25.1 Å². The summed E-state index contributed by atoms with van der Waals surface area (Å²) in [7, 11) is 0. The van der Waals surface area contributed by atoms with E-state index in [1.807, 2.05) is 0 Å². The standard InChI is InChI=1S/C16H14F3NO2/c1-9-6-11(14(19)7-13(9)18)16(22)20-8-15(21)10-4-2-3-5-12(10)17/h2-7,15,21H,8H2,1H3,(H,20,22). The van der Waals surface area contributed by atoms with Crippen molar-refractivity contribution in [1.82, 2.24) is 5.32 Å². The van der Waals surface area contributed by atoms with E-state index in [1.54, 1.807) is 6.07 Å². The molecule has 1 unspecified atom stereocenters. The van der Waals surface area contributed by atoms with Crippen LogP contribution in [-0.2, 0) is 0 Å². The van der Waals surface area contributed by atoms with Crippen molar-refractivity contribution in [2.45, 2.75) is 13.0 Å². The first kappa shape index (κ1) is 16.0. The van der Waals surface area contributed by atoms with Crippen molar-refractivity contribution < 1.29 is 23.1 Å². The molecule has 2 rings (SSSR count). The average molecular weight is 309 g/mol. The Labute approximate surface area is 125 Å². The fourth-order valence-electron chi connectivity index (χ4n) is 1.97. The van der Waals surface area contributed by atoms with Crippen molar-refractivity contribution >= 4 is 5.91 Å². The second-order valence-electron chi connectivity index (χ2n) is 4.83. The predicted octanol–water partition coefficient (Wildman–Crippen LogP) is 2.88. The largest absolute Gasteiger partial charge is 0.386 e. The Morgan fingerprint density at radius 1 is 1.14 bits per heavy atom. The summed E-state index contributed by atoms with van der Waals surface area (Å²) < 4.78 is 40.2. The zero-order valence-electron chi connectivity index (χ0n) is 11.7. The van der Waals surface area contributed by atoms with Crippen LogP contribution >= 0.6 is 0 Å². The monoisotopic (exact) mass is 309 g/mol. The fraction of sp³-hybridized carbons (Fsp3) is 0.188. The third-order valence-electron chi connectivity index (χ3n) is 3.21. The van der Waals surface area contributed by atoms with Crippen LogP contribution in [0.25, 0.3) is 0 Å². The minimum atomic E-state index is -1.27. The van der Waals surface area contributed by atoms with Crippen molar-refractivity contribution in [3.8, 4) is 0 Å². The van der Waals surface area contributed by atoms with E-state index in [0.717, 1.165) is 6.07 Å². The highest BCUT2D eigenvalue weighted by Crippen LogP contribution is 2.17. The summed E-state index contributed by atoms with van der Waals surface area (Å²) >= 11 is 0. The van der Waals surface area contributed by atoms with Crippen molar-refractivity contribution in [3.05, 3.63) is 70.5 Å². The highest BCUT2D eigenvalue weighted by atomic mass is 19.1. The maximum Gasteiger partial charge on any atom is 0.254 e. The van der Waals surface area contributed by atoms with Gasteiger partial charge in [0.15, 0.2) is 0 Å². The number of benzene rings is 2. The van der Waals surface area contributed by atoms with Gasteiger partial charge < -0.3 is 10.4 Å². The molecule has 0 bridgehead atoms. The molecule has 0 radical (unpaired) electrons. The molecule has 0 aromatic heterocycles. The van der Waals surface area contributed by atoms with E-state index in [2.05, 4.69) is 5.32 Å². The number of aliphatic hydroxyl groups is 1. The molecule has 0 fully saturated rings. The number of hydrogen-bond donors (Lipinski definition) is 2. The Morgan fingerprint density at radius 2 is 1.82 bits per heavy atom. The lowest BCUT2D eigenvalue weighted by Gasteiger charge is -2.13. The van der Waals surface area contributed by atoms with E-state index >= 15 is 0 Å². The van der Waals surface area contributed by atoms with Crippen LogP contribution in [0.4, 0.5) is 13.2 Å². The number of carbonyl (C=O) groups is 1. The summed E-state index contributed by atoms with van der Waals surface area (Å²) in [4.78, 5) is 11.9. The average Bonchev–Trinajstić information content (AvgIpc) is 2.48. The van der Waals surface area contributed by atoms with Gasteiger partial charge in [-0.05, 0) is 24.6 Å². The van der Waals surface area contributed by atoms with E-state index in [4.69, 9.17) is 0 Å². The SMILES string of the molecule is Cc1cc(C(=O)NCC(O)c2ccccc2F)c(F)cc1F. The third kappa shape index (κ3) is 3.46. The molecular formula is C16H14F3NO2. The van der Waals surface area contributed by atoms with Crippen LogP contribution in [0.5, 0.6) is 0 Å². The Balaban J connectivity index is 2.07. The minimum Gasteiger partial charge on any atom is -0.386 e. The molecule has 1 amide bonds. The molecule has 0 aliphatic carbocycles. The van der Waals surface area contributed by atoms with Crippen LogP contribution in [0.15, 0.2) is 36.4 Å². The number of rotatable bonds is 4. The number of nitrogens with one attached hydrogen (secondary N) is 1. The second kappa shape index (κ2) is 6.62. The topological polar surface area (TPSA) is 49.3 Å². The first-order chi connectivity index (χ1) is 10.4. The number of carbonyl (C=O) groups excluding carboxylic acids is 1. The first-order valence-electron chi connectivity index (χ1n) is 6.56. The number of hydrogen-bond acceptors (Lipinski definition) is 2. The number of amides is 1. The third-order valence-corrected chi connectivity index (χ3v) is 3.21. The molecule has 0 aliphatic heterocycles. The van der Waals surface area contributed by atoms with Gasteiger partial charge in [-0.2, -0.15) is 0 Å². The molecule has 1 atom stereocenters. The van der Waals surface area contributed by atoms with Gasteiger partial charge in [0, 0.05) is 18.2 Å². The molecular weight excluding hydrogens is 295 g/mol. The molecule has 3 nitrogen and oxygen atoms in total. The van der Waals surface area contributed by atoms with Gasteiger partial charge in [0.1, 0.15) is 17.5 Å². The van der Waals surface area contributed by atoms with Crippen molar-refractivity contribution in [1.29, 1.82) is 0 Å². The molecule has 116 valence electrons. The van der Waals surface area contributed by atoms with Crippen molar-refractivity contribution in [2.75, 3.05) is 6.54 Å². The molecule has 6 heteroatoms. The molecule has 2 aromatic rings. The van der Waals surface area contributed by atoms with Gasteiger partial charge in [0.25, 0.3) is 5.91 Å². The molecule has 0 saturated heterocycles. The van der Waals surface area contributed by atoms with E-state index in [9.17, 15) is 23.1 Å². The molecule has 0 aliphatic rings. The van der Waals surface area contributed by atoms with Crippen molar-refractivity contribution in [3.63, 3.8) is 0 Å². The maximum absolute atomic E-state index is 13.6. The van der Waals surface area contributed by atoms with Crippen LogP contribution in [-0.4, -0.2) is 17.6 Å². The Morgan fingerprint density at radius 3 is 2.50 bits per heavy atom. The molecule has 2 aromatic carbocycles. The smallest absolute Gasteiger partial charge is 0.254 e. The number of halogens is 3. The van der Waals surface area contributed by atoms with Crippen LogP contribution in [0.3, 0.4) is 0 Å². The summed E-state index contributed by atoms with van der Waals surface area (Å²) in [5, 5.41) is 12.2. The van der Waals surface area contributed by atoms with Gasteiger partial charge in [0.2, 0.25) is 0 Å². The van der Waals surface area contributed by atoms with Crippen LogP contribution < -0.4 is 5.32 Å². The molecule has 2 N–H and O–H groups in total. The summed E-state index contributed by atoms with van der Waals surface area (Å²) in [6.45, 7) is 1.11. The van der Waals surface area contributed by atoms with Gasteiger partial charge >= 0.3 is 0 Å². The van der Waals surface area contributed by atoms with Crippen LogP contribution in [0, 0.1) is 24.4 Å². The summed E-state index contributed by atoms with van der Waals surface area (Å²) in [5.41, 5.74) is -0.181. The normalized spacial score (nSPS) is 12.0. The maximum atomic E-state index is 13.6. The van der Waals surface area contributed by atoms with Crippen LogP contribution in [0.1, 0.15) is 27.6 Å². The number of aliphatic hydroxyl groups excluding tert-OH is 1. The van der Waals surface area contributed by atoms with Gasteiger partial charge in [-0.3, -0.25) is 4.79 Å². The minimum absolute atomic E-state index is 0.0264. The molecule has 0 spiro atoms. The Bertz CT molecular complexity index is 704. The number of aryl methyl sites for hydroxylation is 1. The van der Waals surface area contributed by atoms with Crippen molar-refractivity contribution in [2.24, 2.45) is 0 Å². The Hall–Kier alpha value is -2.34. The Kier molecular flexibility index (Phi) is 4.82. The molecule has 0 saturated carbocycles. The van der Waals surface area contributed by atoms with E-state index in [0.29, 0.717) is 6.07 Å². The molecule has 0 heterocycles. The molecule has 22 heavy (non-hydrogen) atoms. The van der Waals surface area contributed by atoms with Gasteiger partial charge in [-0.25, -0.2) is 13.2 Å². The predicted molar refractivity (Wildman–Crippen MR) is 74.8 cm³/mol. The summed E-state index contributed by atoms with van der Waals surface area (Å²) in [6.07, 6.45) is -1.27. The second-order valence-corrected chi connectivity index (χ2v) is 4.83. The lowest BCUT2D eigenvalue weighted by atomic mass is 10.1.